The first-order chi connectivity index (χ1) is 9.91. The Kier molecular flexibility index (Phi) is 6.53. The third-order valence-corrected chi connectivity index (χ3v) is 2.99. The first-order valence-corrected chi connectivity index (χ1v) is 6.89. The zero-order valence-electron chi connectivity index (χ0n) is 12.7. The normalized spacial score (nSPS) is 11.1. The maximum Gasteiger partial charge on any atom is 0.339 e. The summed E-state index contributed by atoms with van der Waals surface area (Å²) >= 11 is 0. The fourth-order valence-electron chi connectivity index (χ4n) is 1.78. The lowest BCUT2D eigenvalue weighted by Crippen LogP contribution is -2.00. The maximum absolute atomic E-state index is 10.9. The van der Waals surface area contributed by atoms with Crippen molar-refractivity contribution in [3.05, 3.63) is 47.1 Å². The Morgan fingerprint density at radius 2 is 1.95 bits per heavy atom. The van der Waals surface area contributed by atoms with Gasteiger partial charge in [0.2, 0.25) is 0 Å². The van der Waals surface area contributed by atoms with E-state index >= 15 is 0 Å². The Morgan fingerprint density at radius 3 is 2.57 bits per heavy atom. The van der Waals surface area contributed by atoms with E-state index in [4.69, 9.17) is 9.84 Å². The van der Waals surface area contributed by atoms with E-state index in [-0.39, 0.29) is 17.1 Å². The van der Waals surface area contributed by atoms with Crippen LogP contribution in [0.15, 0.2) is 41.5 Å². The summed E-state index contributed by atoms with van der Waals surface area (Å²) in [6.07, 6.45) is 6.06. The zero-order chi connectivity index (χ0) is 15.8. The van der Waals surface area contributed by atoms with Gasteiger partial charge in [-0.1, -0.05) is 23.3 Å². The second-order valence-electron chi connectivity index (χ2n) is 5.14. The fourth-order valence-corrected chi connectivity index (χ4v) is 1.78. The second kappa shape index (κ2) is 8.15. The summed E-state index contributed by atoms with van der Waals surface area (Å²) in [6.45, 7) is 6.47. The number of para-hydroxylation sites is 1. The Hall–Kier alpha value is -2.23. The SMILES string of the molecule is CC(C)=CCC/C(C)=C/COc1cccc(C(=O)O)c1O. The van der Waals surface area contributed by atoms with Crippen LogP contribution in [0.5, 0.6) is 11.5 Å². The largest absolute Gasteiger partial charge is 0.504 e. The Balaban J connectivity index is 2.58. The van der Waals surface area contributed by atoms with E-state index in [1.807, 2.05) is 13.0 Å². The average molecular weight is 290 g/mol. The van der Waals surface area contributed by atoms with Crippen molar-refractivity contribution in [1.82, 2.24) is 0 Å². The molecule has 114 valence electrons. The van der Waals surface area contributed by atoms with Crippen molar-refractivity contribution >= 4 is 5.97 Å². The Labute approximate surface area is 125 Å². The summed E-state index contributed by atoms with van der Waals surface area (Å²) in [6, 6.07) is 4.43. The highest BCUT2D eigenvalue weighted by Gasteiger charge is 2.13. The zero-order valence-corrected chi connectivity index (χ0v) is 12.7. The summed E-state index contributed by atoms with van der Waals surface area (Å²) in [4.78, 5) is 10.9. The lowest BCUT2D eigenvalue weighted by molar-refractivity contribution is 0.0693. The standard InChI is InChI=1S/C17H22O4/c1-12(2)6-4-7-13(3)10-11-21-15-9-5-8-14(16(15)18)17(19)20/h5-6,8-10,18H,4,7,11H2,1-3H3,(H,19,20)/b13-10+. The van der Waals surface area contributed by atoms with E-state index in [2.05, 4.69) is 19.9 Å². The number of benzene rings is 1. The van der Waals surface area contributed by atoms with Gasteiger partial charge in [-0.2, -0.15) is 0 Å². The Bertz CT molecular complexity index is 552. The van der Waals surface area contributed by atoms with Gasteiger partial charge in [0.1, 0.15) is 12.2 Å². The second-order valence-corrected chi connectivity index (χ2v) is 5.14. The van der Waals surface area contributed by atoms with Crippen molar-refractivity contribution in [2.24, 2.45) is 0 Å². The van der Waals surface area contributed by atoms with Gasteiger partial charge >= 0.3 is 5.97 Å². The summed E-state index contributed by atoms with van der Waals surface area (Å²) in [7, 11) is 0. The van der Waals surface area contributed by atoms with E-state index < -0.39 is 5.97 Å². The lowest BCUT2D eigenvalue weighted by Gasteiger charge is -2.08. The predicted octanol–water partition coefficient (Wildman–Crippen LogP) is 4.16. The van der Waals surface area contributed by atoms with Crippen LogP contribution in [-0.4, -0.2) is 22.8 Å². The summed E-state index contributed by atoms with van der Waals surface area (Å²) in [5.74, 6) is -1.32. The van der Waals surface area contributed by atoms with E-state index in [1.54, 1.807) is 12.1 Å². The van der Waals surface area contributed by atoms with E-state index in [9.17, 15) is 9.90 Å². The molecule has 0 aliphatic rings. The molecule has 0 fully saturated rings. The first-order valence-electron chi connectivity index (χ1n) is 6.89. The monoisotopic (exact) mass is 290 g/mol. The molecule has 1 rings (SSSR count). The number of carbonyl (C=O) groups is 1. The molecule has 0 atom stereocenters. The highest BCUT2D eigenvalue weighted by atomic mass is 16.5. The molecule has 0 spiro atoms. The van der Waals surface area contributed by atoms with Crippen molar-refractivity contribution in [3.8, 4) is 11.5 Å². The number of hydrogen-bond donors (Lipinski definition) is 2. The van der Waals surface area contributed by atoms with Crippen LogP contribution in [0.3, 0.4) is 0 Å². The lowest BCUT2D eigenvalue weighted by atomic mass is 10.1. The van der Waals surface area contributed by atoms with Gasteiger partial charge in [0.05, 0.1) is 0 Å². The van der Waals surface area contributed by atoms with Gasteiger partial charge in [-0.05, 0) is 51.8 Å². The minimum Gasteiger partial charge on any atom is -0.504 e. The number of carboxylic acid groups (broad SMARTS) is 1. The van der Waals surface area contributed by atoms with Crippen LogP contribution in [0, 0.1) is 0 Å². The van der Waals surface area contributed by atoms with E-state index in [0.717, 1.165) is 12.8 Å². The van der Waals surface area contributed by atoms with Crippen LogP contribution in [-0.2, 0) is 0 Å². The number of aromatic carboxylic acids is 1. The smallest absolute Gasteiger partial charge is 0.339 e. The molecule has 0 aliphatic heterocycles. The summed E-state index contributed by atoms with van der Waals surface area (Å²) in [5.41, 5.74) is 2.34. The molecule has 1 aromatic rings. The molecule has 0 bridgehead atoms. The van der Waals surface area contributed by atoms with Gasteiger partial charge in [0, 0.05) is 0 Å². The highest BCUT2D eigenvalue weighted by molar-refractivity contribution is 5.91. The molecule has 0 unspecified atom stereocenters. The maximum atomic E-state index is 10.9. The van der Waals surface area contributed by atoms with Gasteiger partial charge in [-0.15, -0.1) is 0 Å². The third-order valence-electron chi connectivity index (χ3n) is 2.99. The van der Waals surface area contributed by atoms with E-state index in [1.165, 1.54) is 17.2 Å². The molecule has 0 aromatic heterocycles. The van der Waals surface area contributed by atoms with Gasteiger partial charge in [0.25, 0.3) is 0 Å². The minimum absolute atomic E-state index is 0.156. The number of allylic oxidation sites excluding steroid dienone is 3. The molecule has 1 aromatic carbocycles. The van der Waals surface area contributed by atoms with E-state index in [0.29, 0.717) is 6.61 Å². The molecule has 4 nitrogen and oxygen atoms in total. The van der Waals surface area contributed by atoms with Crippen molar-refractivity contribution in [2.45, 2.75) is 33.6 Å². The summed E-state index contributed by atoms with van der Waals surface area (Å²) < 4.78 is 5.42. The molecule has 4 heteroatoms. The van der Waals surface area contributed by atoms with Crippen LogP contribution >= 0.6 is 0 Å². The first kappa shape index (κ1) is 16.8. The number of phenols is 1. The molecule has 0 heterocycles. The van der Waals surface area contributed by atoms with Gasteiger partial charge < -0.3 is 14.9 Å². The number of hydrogen-bond acceptors (Lipinski definition) is 3. The van der Waals surface area contributed by atoms with Gasteiger partial charge in [-0.25, -0.2) is 4.79 Å². The molecule has 0 saturated carbocycles. The van der Waals surface area contributed by atoms with Crippen LogP contribution in [0.25, 0.3) is 0 Å². The van der Waals surface area contributed by atoms with Crippen LogP contribution < -0.4 is 4.74 Å². The molecule has 21 heavy (non-hydrogen) atoms. The predicted molar refractivity (Wildman–Crippen MR) is 83.0 cm³/mol. The van der Waals surface area contributed by atoms with Crippen molar-refractivity contribution in [3.63, 3.8) is 0 Å². The number of ether oxygens (including phenoxy) is 1. The molecule has 0 aliphatic carbocycles. The number of rotatable bonds is 7. The average Bonchev–Trinajstić information content (AvgIpc) is 2.40. The summed E-state index contributed by atoms with van der Waals surface area (Å²) in [5, 5.41) is 18.7. The van der Waals surface area contributed by atoms with Gasteiger partial charge in [0.15, 0.2) is 11.5 Å². The molecule has 2 N–H and O–H groups in total. The topological polar surface area (TPSA) is 66.8 Å². The Morgan fingerprint density at radius 1 is 1.24 bits per heavy atom. The van der Waals surface area contributed by atoms with Crippen molar-refractivity contribution in [1.29, 1.82) is 0 Å². The van der Waals surface area contributed by atoms with Crippen molar-refractivity contribution < 1.29 is 19.7 Å². The highest BCUT2D eigenvalue weighted by Crippen LogP contribution is 2.29. The van der Waals surface area contributed by atoms with Crippen LogP contribution in [0.4, 0.5) is 0 Å². The number of aromatic hydroxyl groups is 1. The molecule has 0 amide bonds. The molecular formula is C17H22O4. The van der Waals surface area contributed by atoms with Crippen molar-refractivity contribution in [2.75, 3.05) is 6.61 Å². The van der Waals surface area contributed by atoms with Gasteiger partial charge in [-0.3, -0.25) is 0 Å². The van der Waals surface area contributed by atoms with Crippen LogP contribution in [0.1, 0.15) is 44.0 Å². The minimum atomic E-state index is -1.17. The number of carboxylic acids is 1. The molecular weight excluding hydrogens is 268 g/mol. The quantitative estimate of drug-likeness (QED) is 0.740. The van der Waals surface area contributed by atoms with Crippen LogP contribution in [0.2, 0.25) is 0 Å². The fraction of sp³-hybridized carbons (Fsp3) is 0.353. The third kappa shape index (κ3) is 5.73. The molecule has 0 radical (unpaired) electrons. The molecule has 0 saturated heterocycles.